The van der Waals surface area contributed by atoms with E-state index >= 15 is 0 Å². The molecule has 0 radical (unpaired) electrons. The minimum absolute atomic E-state index is 0.0737. The summed E-state index contributed by atoms with van der Waals surface area (Å²) in [5.41, 5.74) is 2.26. The first-order valence-electron chi connectivity index (χ1n) is 6.66. The molecule has 0 bridgehead atoms. The van der Waals surface area contributed by atoms with Crippen LogP contribution in [0.1, 0.15) is 34.8 Å². The van der Waals surface area contributed by atoms with Gasteiger partial charge in [0, 0.05) is 12.0 Å². The van der Waals surface area contributed by atoms with Gasteiger partial charge in [0.05, 0.1) is 0 Å². The molecule has 0 saturated heterocycles. The highest BCUT2D eigenvalue weighted by atomic mass is 19.2. The molecule has 0 aliphatic heterocycles. The lowest BCUT2D eigenvalue weighted by Crippen LogP contribution is -2.04. The number of aryl methyl sites for hydroxylation is 1. The van der Waals surface area contributed by atoms with Gasteiger partial charge in [-0.25, -0.2) is 8.78 Å². The fourth-order valence-electron chi connectivity index (χ4n) is 2.08. The average Bonchev–Trinajstić information content (AvgIpc) is 2.44. The van der Waals surface area contributed by atoms with Crippen molar-refractivity contribution in [3.63, 3.8) is 0 Å². The Bertz CT molecular complexity index is 603. The maximum Gasteiger partial charge on any atom is 0.167 e. The Hall–Kier alpha value is -2.03. The van der Waals surface area contributed by atoms with E-state index in [9.17, 15) is 13.6 Å². The van der Waals surface area contributed by atoms with E-state index in [0.29, 0.717) is 11.1 Å². The number of rotatable bonds is 5. The normalized spacial score (nSPS) is 10.6. The average molecular weight is 274 g/mol. The number of hydrogen-bond acceptors (Lipinski definition) is 1. The zero-order valence-electron chi connectivity index (χ0n) is 11.3. The summed E-state index contributed by atoms with van der Waals surface area (Å²) in [6.45, 7) is 2.10. The molecular formula is C17H16F2O. The van der Waals surface area contributed by atoms with Crippen molar-refractivity contribution in [1.29, 1.82) is 0 Å². The third-order valence-corrected chi connectivity index (χ3v) is 3.16. The van der Waals surface area contributed by atoms with Crippen LogP contribution in [0.2, 0.25) is 0 Å². The zero-order chi connectivity index (χ0) is 14.5. The van der Waals surface area contributed by atoms with Crippen molar-refractivity contribution in [2.45, 2.75) is 26.2 Å². The molecular weight excluding hydrogens is 258 g/mol. The second-order valence-corrected chi connectivity index (χ2v) is 4.80. The predicted octanol–water partition coefficient (Wildman–Crippen LogP) is 4.34. The molecule has 0 heterocycles. The quantitative estimate of drug-likeness (QED) is 0.741. The predicted molar refractivity (Wildman–Crippen MR) is 74.8 cm³/mol. The summed E-state index contributed by atoms with van der Waals surface area (Å²) < 4.78 is 25.9. The van der Waals surface area contributed by atoms with Crippen LogP contribution in [0, 0.1) is 11.6 Å². The third-order valence-electron chi connectivity index (χ3n) is 3.16. The molecule has 104 valence electrons. The lowest BCUT2D eigenvalue weighted by atomic mass is 10.0. The Morgan fingerprint density at radius 2 is 1.60 bits per heavy atom. The first kappa shape index (κ1) is 14.4. The second kappa shape index (κ2) is 6.42. The number of benzene rings is 2. The van der Waals surface area contributed by atoms with Gasteiger partial charge >= 0.3 is 0 Å². The maximum absolute atomic E-state index is 13.1. The topological polar surface area (TPSA) is 17.1 Å². The number of hydrogen-bond donors (Lipinski definition) is 0. The highest BCUT2D eigenvalue weighted by Crippen LogP contribution is 2.13. The Balaban J connectivity index is 2.09. The first-order chi connectivity index (χ1) is 9.60. The molecule has 3 heteroatoms. The minimum atomic E-state index is -0.923. The molecule has 0 aliphatic carbocycles. The molecule has 20 heavy (non-hydrogen) atoms. The molecule has 0 aliphatic rings. The molecule has 0 saturated carbocycles. The van der Waals surface area contributed by atoms with Gasteiger partial charge in [-0.05, 0) is 29.7 Å². The van der Waals surface area contributed by atoms with Crippen molar-refractivity contribution in [1.82, 2.24) is 0 Å². The molecule has 1 nitrogen and oxygen atoms in total. The number of ketones is 1. The summed E-state index contributed by atoms with van der Waals surface area (Å²) in [5.74, 6) is -1.92. The fraction of sp³-hybridized carbons (Fsp3) is 0.235. The Morgan fingerprint density at radius 1 is 0.950 bits per heavy atom. The summed E-state index contributed by atoms with van der Waals surface area (Å²) >= 11 is 0. The van der Waals surface area contributed by atoms with Gasteiger partial charge in [0.25, 0.3) is 0 Å². The second-order valence-electron chi connectivity index (χ2n) is 4.80. The van der Waals surface area contributed by atoms with E-state index in [1.54, 1.807) is 12.1 Å². The first-order valence-corrected chi connectivity index (χ1v) is 6.66. The largest absolute Gasteiger partial charge is 0.294 e. The monoisotopic (exact) mass is 274 g/mol. The standard InChI is InChI=1S/C17H16F2O/c1-2-3-12-4-7-14(8-5-12)17(20)11-13-6-9-15(18)16(19)10-13/h4-10H,2-3,11H2,1H3. The highest BCUT2D eigenvalue weighted by Gasteiger charge is 2.09. The van der Waals surface area contributed by atoms with Crippen LogP contribution in [0.15, 0.2) is 42.5 Å². The van der Waals surface area contributed by atoms with Gasteiger partial charge in [-0.2, -0.15) is 0 Å². The number of halogens is 2. The third kappa shape index (κ3) is 3.50. The lowest BCUT2D eigenvalue weighted by molar-refractivity contribution is 0.0993. The van der Waals surface area contributed by atoms with Gasteiger partial charge in [-0.3, -0.25) is 4.79 Å². The molecule has 2 aromatic carbocycles. The van der Waals surface area contributed by atoms with Crippen LogP contribution < -0.4 is 0 Å². The zero-order valence-corrected chi connectivity index (χ0v) is 11.3. The molecule has 0 unspecified atom stereocenters. The summed E-state index contributed by atoms with van der Waals surface area (Å²) in [5, 5.41) is 0. The number of carbonyl (C=O) groups is 1. The van der Waals surface area contributed by atoms with Gasteiger partial charge < -0.3 is 0 Å². The van der Waals surface area contributed by atoms with Crippen LogP contribution in [0.5, 0.6) is 0 Å². The van der Waals surface area contributed by atoms with Crippen LogP contribution in [-0.4, -0.2) is 5.78 Å². The van der Waals surface area contributed by atoms with Crippen molar-refractivity contribution in [3.8, 4) is 0 Å². The van der Waals surface area contributed by atoms with Crippen LogP contribution >= 0.6 is 0 Å². The number of carbonyl (C=O) groups excluding carboxylic acids is 1. The van der Waals surface area contributed by atoms with E-state index in [4.69, 9.17) is 0 Å². The maximum atomic E-state index is 13.1. The van der Waals surface area contributed by atoms with Gasteiger partial charge in [0.15, 0.2) is 17.4 Å². The van der Waals surface area contributed by atoms with E-state index in [0.717, 1.165) is 25.0 Å². The smallest absolute Gasteiger partial charge is 0.167 e. The van der Waals surface area contributed by atoms with Crippen molar-refractivity contribution in [2.24, 2.45) is 0 Å². The van der Waals surface area contributed by atoms with E-state index in [1.165, 1.54) is 11.6 Å². The van der Waals surface area contributed by atoms with E-state index in [-0.39, 0.29) is 12.2 Å². The molecule has 0 fully saturated rings. The fourth-order valence-corrected chi connectivity index (χ4v) is 2.08. The van der Waals surface area contributed by atoms with Crippen molar-refractivity contribution < 1.29 is 13.6 Å². The summed E-state index contributed by atoms with van der Waals surface area (Å²) in [6, 6.07) is 11.0. The van der Waals surface area contributed by atoms with E-state index < -0.39 is 11.6 Å². The molecule has 0 N–H and O–H groups in total. The van der Waals surface area contributed by atoms with Crippen molar-refractivity contribution in [2.75, 3.05) is 0 Å². The van der Waals surface area contributed by atoms with E-state index in [1.807, 2.05) is 12.1 Å². The summed E-state index contributed by atoms with van der Waals surface area (Å²) in [4.78, 5) is 12.1. The minimum Gasteiger partial charge on any atom is -0.294 e. The molecule has 0 spiro atoms. The Morgan fingerprint density at radius 3 is 2.20 bits per heavy atom. The summed E-state index contributed by atoms with van der Waals surface area (Å²) in [7, 11) is 0. The summed E-state index contributed by atoms with van der Waals surface area (Å²) in [6.07, 6.45) is 2.12. The molecule has 0 atom stereocenters. The lowest BCUT2D eigenvalue weighted by Gasteiger charge is -2.04. The van der Waals surface area contributed by atoms with Crippen LogP contribution in [0.4, 0.5) is 8.78 Å². The molecule has 2 aromatic rings. The van der Waals surface area contributed by atoms with E-state index in [2.05, 4.69) is 6.92 Å². The molecule has 0 amide bonds. The van der Waals surface area contributed by atoms with Crippen LogP contribution in [0.25, 0.3) is 0 Å². The number of Topliss-reactive ketones (excluding diaryl/α,β-unsaturated/α-hetero) is 1. The van der Waals surface area contributed by atoms with Crippen LogP contribution in [0.3, 0.4) is 0 Å². The molecule has 2 rings (SSSR count). The van der Waals surface area contributed by atoms with Gasteiger partial charge in [0.1, 0.15) is 0 Å². The Labute approximate surface area is 117 Å². The van der Waals surface area contributed by atoms with Crippen molar-refractivity contribution >= 4 is 5.78 Å². The van der Waals surface area contributed by atoms with Gasteiger partial charge in [-0.15, -0.1) is 0 Å². The highest BCUT2D eigenvalue weighted by molar-refractivity contribution is 5.97. The van der Waals surface area contributed by atoms with Crippen LogP contribution in [-0.2, 0) is 12.8 Å². The SMILES string of the molecule is CCCc1ccc(C(=O)Cc2ccc(F)c(F)c2)cc1. The molecule has 0 aromatic heterocycles. The van der Waals surface area contributed by atoms with Gasteiger partial charge in [-0.1, -0.05) is 43.7 Å². The van der Waals surface area contributed by atoms with Crippen molar-refractivity contribution in [3.05, 3.63) is 70.8 Å². The van der Waals surface area contributed by atoms with Gasteiger partial charge in [0.2, 0.25) is 0 Å². The Kier molecular flexibility index (Phi) is 4.61.